The van der Waals surface area contributed by atoms with E-state index in [2.05, 4.69) is 10.6 Å². The van der Waals surface area contributed by atoms with Crippen molar-refractivity contribution in [2.75, 3.05) is 19.5 Å². The van der Waals surface area contributed by atoms with Crippen LogP contribution in [0.4, 0.5) is 5.69 Å². The molecule has 0 aliphatic rings. The average molecular weight is 390 g/mol. The molecular formula is C24H26N2O3. The van der Waals surface area contributed by atoms with Gasteiger partial charge in [-0.3, -0.25) is 10.1 Å². The third-order valence-corrected chi connectivity index (χ3v) is 4.76. The SMILES string of the molecule is COc1ccc(C(NC(C)C(=O)Nc2ccccc2OC)c2ccccc2)cc1. The minimum atomic E-state index is -0.438. The zero-order chi connectivity index (χ0) is 20.6. The number of rotatable bonds is 8. The van der Waals surface area contributed by atoms with E-state index in [-0.39, 0.29) is 11.9 Å². The molecule has 0 fully saturated rings. The number of anilines is 1. The highest BCUT2D eigenvalue weighted by Gasteiger charge is 2.21. The van der Waals surface area contributed by atoms with E-state index in [0.717, 1.165) is 16.9 Å². The Bertz CT molecular complexity index is 926. The second-order valence-corrected chi connectivity index (χ2v) is 6.69. The van der Waals surface area contributed by atoms with E-state index in [1.807, 2.05) is 85.8 Å². The molecule has 3 aromatic carbocycles. The lowest BCUT2D eigenvalue weighted by Crippen LogP contribution is -2.40. The molecule has 0 heterocycles. The van der Waals surface area contributed by atoms with E-state index >= 15 is 0 Å². The summed E-state index contributed by atoms with van der Waals surface area (Å²) in [4.78, 5) is 12.8. The van der Waals surface area contributed by atoms with Crippen molar-refractivity contribution in [2.24, 2.45) is 0 Å². The van der Waals surface area contributed by atoms with Crippen LogP contribution in [0.1, 0.15) is 24.1 Å². The van der Waals surface area contributed by atoms with Crippen molar-refractivity contribution in [3.8, 4) is 11.5 Å². The number of para-hydroxylation sites is 2. The molecule has 0 radical (unpaired) electrons. The fraction of sp³-hybridized carbons (Fsp3) is 0.208. The number of amides is 1. The summed E-state index contributed by atoms with van der Waals surface area (Å²) >= 11 is 0. The Kier molecular flexibility index (Phi) is 6.87. The number of hydrogen-bond acceptors (Lipinski definition) is 4. The molecule has 0 spiro atoms. The molecule has 0 aliphatic heterocycles. The molecule has 2 atom stereocenters. The van der Waals surface area contributed by atoms with Gasteiger partial charge in [0.05, 0.1) is 32.0 Å². The fourth-order valence-electron chi connectivity index (χ4n) is 3.14. The first-order valence-electron chi connectivity index (χ1n) is 9.51. The topological polar surface area (TPSA) is 59.6 Å². The van der Waals surface area contributed by atoms with Crippen molar-refractivity contribution in [1.82, 2.24) is 5.32 Å². The molecule has 3 aromatic rings. The summed E-state index contributed by atoms with van der Waals surface area (Å²) in [5.74, 6) is 1.29. The van der Waals surface area contributed by atoms with E-state index in [1.165, 1.54) is 0 Å². The van der Waals surface area contributed by atoms with Crippen LogP contribution in [-0.2, 0) is 4.79 Å². The zero-order valence-corrected chi connectivity index (χ0v) is 16.9. The molecule has 0 bridgehead atoms. The van der Waals surface area contributed by atoms with Gasteiger partial charge in [-0.05, 0) is 42.3 Å². The van der Waals surface area contributed by atoms with Gasteiger partial charge < -0.3 is 14.8 Å². The maximum atomic E-state index is 12.8. The van der Waals surface area contributed by atoms with Gasteiger partial charge in [0.15, 0.2) is 0 Å². The van der Waals surface area contributed by atoms with Crippen LogP contribution in [-0.4, -0.2) is 26.2 Å². The van der Waals surface area contributed by atoms with E-state index in [4.69, 9.17) is 9.47 Å². The Morgan fingerprint density at radius 3 is 2.07 bits per heavy atom. The van der Waals surface area contributed by atoms with Crippen molar-refractivity contribution in [3.63, 3.8) is 0 Å². The van der Waals surface area contributed by atoms with Gasteiger partial charge in [0.25, 0.3) is 0 Å². The number of benzene rings is 3. The van der Waals surface area contributed by atoms with E-state index in [9.17, 15) is 4.79 Å². The molecule has 0 aliphatic carbocycles. The Balaban J connectivity index is 1.80. The number of carbonyl (C=O) groups excluding carboxylic acids is 1. The van der Waals surface area contributed by atoms with Gasteiger partial charge in [-0.2, -0.15) is 0 Å². The minimum absolute atomic E-state index is 0.135. The first-order chi connectivity index (χ1) is 14.1. The first-order valence-corrected chi connectivity index (χ1v) is 9.51. The third-order valence-electron chi connectivity index (χ3n) is 4.76. The van der Waals surface area contributed by atoms with Gasteiger partial charge >= 0.3 is 0 Å². The van der Waals surface area contributed by atoms with Crippen molar-refractivity contribution < 1.29 is 14.3 Å². The predicted octanol–water partition coefficient (Wildman–Crippen LogP) is 4.41. The second kappa shape index (κ2) is 9.75. The van der Waals surface area contributed by atoms with E-state index in [1.54, 1.807) is 14.2 Å². The summed E-state index contributed by atoms with van der Waals surface area (Å²) in [5, 5.41) is 6.39. The summed E-state index contributed by atoms with van der Waals surface area (Å²) in [7, 11) is 3.23. The lowest BCUT2D eigenvalue weighted by molar-refractivity contribution is -0.117. The Morgan fingerprint density at radius 2 is 1.41 bits per heavy atom. The largest absolute Gasteiger partial charge is 0.497 e. The van der Waals surface area contributed by atoms with Gasteiger partial charge in [0, 0.05) is 0 Å². The lowest BCUT2D eigenvalue weighted by Gasteiger charge is -2.24. The normalized spacial score (nSPS) is 12.7. The maximum absolute atomic E-state index is 12.8. The van der Waals surface area contributed by atoms with E-state index in [0.29, 0.717) is 11.4 Å². The van der Waals surface area contributed by atoms with Crippen LogP contribution < -0.4 is 20.1 Å². The number of ether oxygens (including phenoxy) is 2. The maximum Gasteiger partial charge on any atom is 0.241 e. The molecule has 5 nitrogen and oxygen atoms in total. The highest BCUT2D eigenvalue weighted by atomic mass is 16.5. The Morgan fingerprint density at radius 1 is 0.793 bits per heavy atom. The number of hydrogen-bond donors (Lipinski definition) is 2. The summed E-state index contributed by atoms with van der Waals surface area (Å²) < 4.78 is 10.6. The van der Waals surface area contributed by atoms with Crippen LogP contribution in [0.25, 0.3) is 0 Å². The van der Waals surface area contributed by atoms with Crippen molar-refractivity contribution in [2.45, 2.75) is 19.0 Å². The molecular weight excluding hydrogens is 364 g/mol. The molecule has 1 amide bonds. The third kappa shape index (κ3) is 5.15. The Labute approximate surface area is 171 Å². The van der Waals surface area contributed by atoms with Crippen LogP contribution in [0.15, 0.2) is 78.9 Å². The van der Waals surface area contributed by atoms with E-state index < -0.39 is 6.04 Å². The second-order valence-electron chi connectivity index (χ2n) is 6.69. The average Bonchev–Trinajstić information content (AvgIpc) is 2.78. The standard InChI is InChI=1S/C24H26N2O3/c1-17(24(27)26-21-11-7-8-12-22(21)29-3)25-23(18-9-5-4-6-10-18)19-13-15-20(28-2)16-14-19/h4-17,23,25H,1-3H3,(H,26,27). The van der Waals surface area contributed by atoms with Gasteiger partial charge in [0.2, 0.25) is 5.91 Å². The van der Waals surface area contributed by atoms with Gasteiger partial charge in [-0.15, -0.1) is 0 Å². The van der Waals surface area contributed by atoms with Crippen molar-refractivity contribution in [1.29, 1.82) is 0 Å². The quantitative estimate of drug-likeness (QED) is 0.598. The molecule has 2 unspecified atom stereocenters. The number of methoxy groups -OCH3 is 2. The van der Waals surface area contributed by atoms with Crippen LogP contribution in [0, 0.1) is 0 Å². The monoisotopic (exact) mass is 390 g/mol. The van der Waals surface area contributed by atoms with Crippen LogP contribution in [0.2, 0.25) is 0 Å². The van der Waals surface area contributed by atoms with Gasteiger partial charge in [-0.25, -0.2) is 0 Å². The fourth-order valence-corrected chi connectivity index (χ4v) is 3.14. The predicted molar refractivity (Wildman–Crippen MR) is 116 cm³/mol. The number of carbonyl (C=O) groups is 1. The highest BCUT2D eigenvalue weighted by molar-refractivity contribution is 5.95. The van der Waals surface area contributed by atoms with Crippen LogP contribution in [0.5, 0.6) is 11.5 Å². The van der Waals surface area contributed by atoms with Crippen LogP contribution >= 0.6 is 0 Å². The lowest BCUT2D eigenvalue weighted by atomic mass is 9.97. The molecule has 3 rings (SSSR count). The van der Waals surface area contributed by atoms with Gasteiger partial charge in [-0.1, -0.05) is 54.6 Å². The molecule has 150 valence electrons. The molecule has 29 heavy (non-hydrogen) atoms. The first kappa shape index (κ1) is 20.4. The van der Waals surface area contributed by atoms with Crippen molar-refractivity contribution >= 4 is 11.6 Å². The summed E-state index contributed by atoms with van der Waals surface area (Å²) in [6.45, 7) is 1.85. The summed E-state index contributed by atoms with van der Waals surface area (Å²) in [6, 6.07) is 24.7. The Hall–Kier alpha value is -3.31. The number of nitrogens with one attached hydrogen (secondary N) is 2. The van der Waals surface area contributed by atoms with Crippen LogP contribution in [0.3, 0.4) is 0 Å². The molecule has 0 aromatic heterocycles. The highest BCUT2D eigenvalue weighted by Crippen LogP contribution is 2.26. The summed E-state index contributed by atoms with van der Waals surface area (Å²) in [6.07, 6.45) is 0. The minimum Gasteiger partial charge on any atom is -0.497 e. The summed E-state index contributed by atoms with van der Waals surface area (Å²) in [5.41, 5.74) is 2.78. The molecule has 2 N–H and O–H groups in total. The molecule has 0 saturated heterocycles. The smallest absolute Gasteiger partial charge is 0.241 e. The molecule has 5 heteroatoms. The van der Waals surface area contributed by atoms with Crippen molar-refractivity contribution in [3.05, 3.63) is 90.0 Å². The zero-order valence-electron chi connectivity index (χ0n) is 16.9. The molecule has 0 saturated carbocycles. The van der Waals surface area contributed by atoms with Gasteiger partial charge in [0.1, 0.15) is 11.5 Å².